The molecule has 0 aliphatic carbocycles. The molecule has 0 fully saturated rings. The van der Waals surface area contributed by atoms with Gasteiger partial charge in [-0.3, -0.25) is 0 Å². The molecule has 0 aliphatic heterocycles. The van der Waals surface area contributed by atoms with Crippen molar-refractivity contribution in [1.82, 2.24) is 0 Å². The zero-order valence-electron chi connectivity index (χ0n) is 10.2. The molecule has 0 amide bonds. The summed E-state index contributed by atoms with van der Waals surface area (Å²) in [6.07, 6.45) is -4.39. The Balaban J connectivity index is 3.26. The zero-order valence-corrected chi connectivity index (χ0v) is 10.2. The van der Waals surface area contributed by atoms with Gasteiger partial charge in [-0.2, -0.15) is 13.2 Å². The molecule has 1 unspecified atom stereocenters. The molecule has 0 spiro atoms. The fraction of sp³-hybridized carbons (Fsp3) is 0.538. The normalized spacial score (nSPS) is 14.1. The fourth-order valence-electron chi connectivity index (χ4n) is 1.95. The van der Waals surface area contributed by atoms with E-state index in [1.807, 2.05) is 13.8 Å². The number of hydrogen-bond donors (Lipinski definition) is 1. The van der Waals surface area contributed by atoms with Crippen LogP contribution in [-0.4, -0.2) is 11.3 Å². The predicted molar refractivity (Wildman–Crippen MR) is 61.3 cm³/mol. The van der Waals surface area contributed by atoms with Gasteiger partial charge < -0.3 is 5.11 Å². The molecule has 1 aromatic rings. The van der Waals surface area contributed by atoms with Crippen molar-refractivity contribution in [3.05, 3.63) is 29.3 Å². The van der Waals surface area contributed by atoms with Crippen LogP contribution in [0.15, 0.2) is 18.2 Å². The van der Waals surface area contributed by atoms with Crippen LogP contribution < -0.4 is 0 Å². The highest BCUT2D eigenvalue weighted by atomic mass is 19.4. The SMILES string of the molecule is CCC(c1cccc(C(C)C)c1O)C(F)(F)F. The predicted octanol–water partition coefficient (Wildman–Crippen LogP) is 4.57. The topological polar surface area (TPSA) is 20.2 Å². The summed E-state index contributed by atoms with van der Waals surface area (Å²) < 4.78 is 38.4. The van der Waals surface area contributed by atoms with Crippen molar-refractivity contribution in [2.24, 2.45) is 0 Å². The maximum atomic E-state index is 12.8. The number of aromatic hydroxyl groups is 1. The largest absolute Gasteiger partial charge is 0.507 e. The van der Waals surface area contributed by atoms with E-state index in [1.165, 1.54) is 13.0 Å². The molecule has 0 saturated heterocycles. The van der Waals surface area contributed by atoms with E-state index in [1.54, 1.807) is 12.1 Å². The van der Waals surface area contributed by atoms with Crippen molar-refractivity contribution in [2.45, 2.75) is 45.2 Å². The fourth-order valence-corrected chi connectivity index (χ4v) is 1.95. The molecule has 1 rings (SSSR count). The molecule has 1 nitrogen and oxygen atoms in total. The molecule has 0 radical (unpaired) electrons. The maximum absolute atomic E-state index is 12.8. The summed E-state index contributed by atoms with van der Waals surface area (Å²) in [6.45, 7) is 5.15. The van der Waals surface area contributed by atoms with Crippen LogP contribution in [0.1, 0.15) is 50.2 Å². The highest BCUT2D eigenvalue weighted by Gasteiger charge is 2.40. The van der Waals surface area contributed by atoms with E-state index in [9.17, 15) is 18.3 Å². The van der Waals surface area contributed by atoms with E-state index >= 15 is 0 Å². The number of phenolic OH excluding ortho intramolecular Hbond substituents is 1. The molecule has 1 aromatic carbocycles. The Morgan fingerprint density at radius 1 is 1.18 bits per heavy atom. The molecular weight excluding hydrogens is 229 g/mol. The minimum Gasteiger partial charge on any atom is -0.507 e. The third-order valence-electron chi connectivity index (χ3n) is 2.90. The average Bonchev–Trinajstić information content (AvgIpc) is 2.19. The minimum atomic E-state index is -4.32. The second-order valence-electron chi connectivity index (χ2n) is 4.44. The third-order valence-corrected chi connectivity index (χ3v) is 2.90. The maximum Gasteiger partial charge on any atom is 0.395 e. The van der Waals surface area contributed by atoms with Gasteiger partial charge in [0.1, 0.15) is 5.75 Å². The standard InChI is InChI=1S/C13H17F3O/c1-4-11(13(14,15)16)10-7-5-6-9(8(2)3)12(10)17/h5-8,11,17H,4H2,1-3H3. The Labute approximate surface area is 99.3 Å². The lowest BCUT2D eigenvalue weighted by atomic mass is 9.90. The highest BCUT2D eigenvalue weighted by molar-refractivity contribution is 5.44. The molecular formula is C13H17F3O. The van der Waals surface area contributed by atoms with Crippen LogP contribution in [0.25, 0.3) is 0 Å². The summed E-state index contributed by atoms with van der Waals surface area (Å²) in [6, 6.07) is 4.58. The van der Waals surface area contributed by atoms with Crippen LogP contribution in [0.2, 0.25) is 0 Å². The van der Waals surface area contributed by atoms with Crippen molar-refractivity contribution in [1.29, 1.82) is 0 Å². The number of benzene rings is 1. The van der Waals surface area contributed by atoms with Gasteiger partial charge in [0, 0.05) is 5.56 Å². The van der Waals surface area contributed by atoms with Crippen molar-refractivity contribution < 1.29 is 18.3 Å². The van der Waals surface area contributed by atoms with Crippen LogP contribution in [0.5, 0.6) is 5.75 Å². The molecule has 0 aromatic heterocycles. The van der Waals surface area contributed by atoms with E-state index in [4.69, 9.17) is 0 Å². The van der Waals surface area contributed by atoms with Gasteiger partial charge in [-0.1, -0.05) is 39.0 Å². The van der Waals surface area contributed by atoms with E-state index in [0.29, 0.717) is 5.56 Å². The van der Waals surface area contributed by atoms with Crippen LogP contribution in [0.4, 0.5) is 13.2 Å². The number of rotatable bonds is 3. The molecule has 0 heterocycles. The number of para-hydroxylation sites is 1. The summed E-state index contributed by atoms with van der Waals surface area (Å²) >= 11 is 0. The summed E-state index contributed by atoms with van der Waals surface area (Å²) in [5.74, 6) is -1.81. The van der Waals surface area contributed by atoms with Gasteiger partial charge in [0.15, 0.2) is 0 Å². The number of phenols is 1. The van der Waals surface area contributed by atoms with Gasteiger partial charge in [0.25, 0.3) is 0 Å². The van der Waals surface area contributed by atoms with Gasteiger partial charge >= 0.3 is 6.18 Å². The van der Waals surface area contributed by atoms with E-state index < -0.39 is 12.1 Å². The first-order chi connectivity index (χ1) is 7.79. The summed E-state index contributed by atoms with van der Waals surface area (Å²) in [7, 11) is 0. The van der Waals surface area contributed by atoms with Crippen molar-refractivity contribution in [3.63, 3.8) is 0 Å². The van der Waals surface area contributed by atoms with Crippen LogP contribution >= 0.6 is 0 Å². The van der Waals surface area contributed by atoms with Gasteiger partial charge in [-0.15, -0.1) is 0 Å². The lowest BCUT2D eigenvalue weighted by molar-refractivity contribution is -0.151. The van der Waals surface area contributed by atoms with Gasteiger partial charge in [0.05, 0.1) is 5.92 Å². The number of alkyl halides is 3. The monoisotopic (exact) mass is 246 g/mol. The van der Waals surface area contributed by atoms with Gasteiger partial charge in [-0.25, -0.2) is 0 Å². The van der Waals surface area contributed by atoms with E-state index in [-0.39, 0.29) is 23.7 Å². The summed E-state index contributed by atoms with van der Waals surface area (Å²) in [4.78, 5) is 0. The van der Waals surface area contributed by atoms with Gasteiger partial charge in [-0.05, 0) is 17.9 Å². The lowest BCUT2D eigenvalue weighted by Crippen LogP contribution is -2.20. The third kappa shape index (κ3) is 2.93. The van der Waals surface area contributed by atoms with Crippen molar-refractivity contribution in [2.75, 3.05) is 0 Å². The molecule has 1 atom stereocenters. The molecule has 4 heteroatoms. The molecule has 0 bridgehead atoms. The smallest absolute Gasteiger partial charge is 0.395 e. The van der Waals surface area contributed by atoms with Crippen molar-refractivity contribution >= 4 is 0 Å². The Kier molecular flexibility index (Phi) is 4.07. The molecule has 96 valence electrons. The van der Waals surface area contributed by atoms with Crippen LogP contribution in [0.3, 0.4) is 0 Å². The Bertz CT molecular complexity index is 383. The molecule has 17 heavy (non-hydrogen) atoms. The first-order valence-electron chi connectivity index (χ1n) is 5.67. The molecule has 1 N–H and O–H groups in total. The summed E-state index contributed by atoms with van der Waals surface area (Å²) in [5.41, 5.74) is 0.538. The second-order valence-corrected chi connectivity index (χ2v) is 4.44. The quantitative estimate of drug-likeness (QED) is 0.828. The minimum absolute atomic E-state index is 0.000639. The average molecular weight is 246 g/mol. The lowest BCUT2D eigenvalue weighted by Gasteiger charge is -2.22. The molecule has 0 saturated carbocycles. The number of hydrogen-bond acceptors (Lipinski definition) is 1. The second kappa shape index (κ2) is 4.98. The first-order valence-corrected chi connectivity index (χ1v) is 5.67. The summed E-state index contributed by atoms with van der Waals surface area (Å²) in [5, 5.41) is 9.92. The Morgan fingerprint density at radius 2 is 1.71 bits per heavy atom. The number of halogens is 3. The van der Waals surface area contributed by atoms with E-state index in [2.05, 4.69) is 0 Å². The van der Waals surface area contributed by atoms with E-state index in [0.717, 1.165) is 0 Å². The van der Waals surface area contributed by atoms with Gasteiger partial charge in [0.2, 0.25) is 0 Å². The Hall–Kier alpha value is -1.19. The first kappa shape index (κ1) is 13.9. The highest BCUT2D eigenvalue weighted by Crippen LogP contribution is 2.42. The zero-order chi connectivity index (χ0) is 13.2. The van der Waals surface area contributed by atoms with Crippen LogP contribution in [-0.2, 0) is 0 Å². The van der Waals surface area contributed by atoms with Crippen LogP contribution in [0, 0.1) is 0 Å². The molecule has 0 aliphatic rings. The Morgan fingerprint density at radius 3 is 2.12 bits per heavy atom. The van der Waals surface area contributed by atoms with Crippen molar-refractivity contribution in [3.8, 4) is 5.75 Å².